The lowest BCUT2D eigenvalue weighted by molar-refractivity contribution is -0.457. The summed E-state index contributed by atoms with van der Waals surface area (Å²) in [6.45, 7) is 0. The van der Waals surface area contributed by atoms with Crippen LogP contribution in [-0.2, 0) is 9.59 Å². The SMILES string of the molecule is CN1C(=O)[C@@H]2[C@H](C1=O)[C@]13CCCC[C@]1([N-][N+](c1ccccc1)=N3)N2c1ccccc1. The van der Waals surface area contributed by atoms with Gasteiger partial charge in [0, 0.05) is 24.9 Å². The summed E-state index contributed by atoms with van der Waals surface area (Å²) in [5.74, 6) is -0.808. The molecule has 7 heteroatoms. The van der Waals surface area contributed by atoms with E-state index in [1.807, 2.05) is 60.7 Å². The van der Waals surface area contributed by atoms with Crippen LogP contribution in [0.2, 0.25) is 0 Å². The summed E-state index contributed by atoms with van der Waals surface area (Å²) < 4.78 is 0. The van der Waals surface area contributed by atoms with Gasteiger partial charge in [-0.15, -0.1) is 4.81 Å². The van der Waals surface area contributed by atoms with Crippen molar-refractivity contribution in [1.82, 2.24) is 4.90 Å². The summed E-state index contributed by atoms with van der Waals surface area (Å²) in [7, 11) is 1.59. The number of hydrogen-bond donors (Lipinski definition) is 0. The number of azo groups is 1. The molecule has 3 aliphatic heterocycles. The number of imide groups is 1. The van der Waals surface area contributed by atoms with Crippen LogP contribution >= 0.6 is 0 Å². The molecule has 0 radical (unpaired) electrons. The van der Waals surface area contributed by atoms with E-state index < -0.39 is 23.2 Å². The molecule has 3 fully saturated rings. The van der Waals surface area contributed by atoms with E-state index in [-0.39, 0.29) is 11.8 Å². The Hall–Kier alpha value is -3.22. The van der Waals surface area contributed by atoms with Crippen LogP contribution in [0.4, 0.5) is 11.4 Å². The Kier molecular flexibility index (Phi) is 3.47. The van der Waals surface area contributed by atoms with Gasteiger partial charge in [-0.3, -0.25) is 14.5 Å². The molecule has 0 spiro atoms. The maximum absolute atomic E-state index is 13.4. The van der Waals surface area contributed by atoms with Gasteiger partial charge in [0.2, 0.25) is 11.6 Å². The first-order chi connectivity index (χ1) is 14.6. The number of para-hydroxylation sites is 2. The van der Waals surface area contributed by atoms with Gasteiger partial charge in [0.25, 0.3) is 5.91 Å². The van der Waals surface area contributed by atoms with Crippen LogP contribution in [0, 0.1) is 5.92 Å². The topological polar surface area (TPSA) is 70.1 Å². The number of hydrogen-bond acceptors (Lipinski definition) is 4. The maximum atomic E-state index is 13.4. The molecule has 30 heavy (non-hydrogen) atoms. The van der Waals surface area contributed by atoms with Crippen molar-refractivity contribution in [3.05, 3.63) is 66.1 Å². The van der Waals surface area contributed by atoms with Crippen molar-refractivity contribution in [2.75, 3.05) is 11.9 Å². The van der Waals surface area contributed by atoms with Gasteiger partial charge < -0.3 is 4.90 Å². The molecule has 7 nitrogen and oxygen atoms in total. The normalized spacial score (nSPS) is 34.4. The smallest absolute Gasteiger partial charge is 0.252 e. The molecular formula is C23H23N5O2. The van der Waals surface area contributed by atoms with Crippen molar-refractivity contribution in [2.24, 2.45) is 11.0 Å². The van der Waals surface area contributed by atoms with Crippen molar-refractivity contribution in [3.63, 3.8) is 0 Å². The van der Waals surface area contributed by atoms with Crippen LogP contribution in [0.15, 0.2) is 65.8 Å². The molecule has 152 valence electrons. The third-order valence-electron chi connectivity index (χ3n) is 7.27. The number of carbonyl (C=O) groups is 2. The van der Waals surface area contributed by atoms with Crippen LogP contribution in [0.5, 0.6) is 0 Å². The van der Waals surface area contributed by atoms with Crippen LogP contribution in [0.1, 0.15) is 25.7 Å². The highest BCUT2D eigenvalue weighted by atomic mass is 16.2. The Bertz CT molecular complexity index is 1070. The number of fused-ring (bicyclic) bond motifs is 1. The van der Waals surface area contributed by atoms with E-state index in [1.54, 1.807) is 11.9 Å². The van der Waals surface area contributed by atoms with Crippen molar-refractivity contribution in [2.45, 2.75) is 42.9 Å². The molecule has 1 aliphatic carbocycles. The highest BCUT2D eigenvalue weighted by Gasteiger charge is 2.76. The summed E-state index contributed by atoms with van der Waals surface area (Å²) in [6, 6.07) is 19.2. The van der Waals surface area contributed by atoms with Crippen molar-refractivity contribution < 1.29 is 14.4 Å². The van der Waals surface area contributed by atoms with E-state index >= 15 is 0 Å². The molecule has 0 aromatic heterocycles. The fourth-order valence-corrected chi connectivity index (χ4v) is 6.03. The number of anilines is 1. The van der Waals surface area contributed by atoms with Gasteiger partial charge in [0.15, 0.2) is 0 Å². The van der Waals surface area contributed by atoms with Gasteiger partial charge in [0.05, 0.1) is 11.5 Å². The highest BCUT2D eigenvalue weighted by Crippen LogP contribution is 2.64. The molecule has 2 saturated heterocycles. The number of carbonyl (C=O) groups excluding carboxylic acids is 2. The van der Waals surface area contributed by atoms with Crippen LogP contribution in [-0.4, -0.2) is 45.8 Å². The third kappa shape index (κ3) is 1.95. The molecule has 6 rings (SSSR count). The zero-order valence-electron chi connectivity index (χ0n) is 16.8. The molecule has 4 aliphatic rings. The van der Waals surface area contributed by atoms with Gasteiger partial charge in [0.1, 0.15) is 11.7 Å². The zero-order chi connectivity index (χ0) is 20.5. The second-order valence-corrected chi connectivity index (χ2v) is 8.64. The van der Waals surface area contributed by atoms with E-state index in [2.05, 4.69) is 4.90 Å². The number of benzene rings is 2. The minimum absolute atomic E-state index is 0.136. The monoisotopic (exact) mass is 401 g/mol. The summed E-state index contributed by atoms with van der Waals surface area (Å²) in [5, 5.41) is 5.13. The summed E-state index contributed by atoms with van der Waals surface area (Å²) in [4.78, 5) is 31.8. The van der Waals surface area contributed by atoms with Crippen LogP contribution in [0.25, 0.3) is 5.43 Å². The number of nitrogens with zero attached hydrogens (tertiary/aromatic N) is 5. The van der Waals surface area contributed by atoms with Gasteiger partial charge in [-0.05, 0) is 25.0 Å². The zero-order valence-corrected chi connectivity index (χ0v) is 16.8. The molecule has 2 aromatic rings. The lowest BCUT2D eigenvalue weighted by atomic mass is 9.68. The lowest BCUT2D eigenvalue weighted by Crippen LogP contribution is -2.60. The molecule has 2 amide bonds. The van der Waals surface area contributed by atoms with E-state index in [4.69, 9.17) is 10.5 Å². The summed E-state index contributed by atoms with van der Waals surface area (Å²) in [5.41, 5.74) is 5.49. The van der Waals surface area contributed by atoms with Crippen molar-refractivity contribution in [1.29, 1.82) is 0 Å². The fourth-order valence-electron chi connectivity index (χ4n) is 6.03. The van der Waals surface area contributed by atoms with Gasteiger partial charge in [-0.2, -0.15) is 5.43 Å². The molecule has 0 bridgehead atoms. The minimum Gasteiger partial charge on any atom is -0.347 e. The Morgan fingerprint density at radius 3 is 2.37 bits per heavy atom. The molecular weight excluding hydrogens is 378 g/mol. The standard InChI is InChI=1S/C23H23N5O2/c1-26-20(29)18-19(21(26)30)27(16-10-4-2-5-11-16)23-15-9-8-14-22(18,23)24-28(25-23)17-12-6-3-7-13-17/h2-7,10-13,18-19H,8-9,14-15H2,1H3/t18-,19+,22-,23+/m1/s1. The molecule has 3 heterocycles. The van der Waals surface area contributed by atoms with E-state index in [1.165, 1.54) is 4.90 Å². The van der Waals surface area contributed by atoms with E-state index in [9.17, 15) is 9.59 Å². The largest absolute Gasteiger partial charge is 0.347 e. The third-order valence-corrected chi connectivity index (χ3v) is 7.27. The average molecular weight is 401 g/mol. The predicted molar refractivity (Wildman–Crippen MR) is 110 cm³/mol. The summed E-state index contributed by atoms with van der Waals surface area (Å²) in [6.07, 6.45) is 3.48. The second kappa shape index (κ2) is 5.90. The molecule has 0 unspecified atom stereocenters. The average Bonchev–Trinajstić information content (AvgIpc) is 3.34. The number of amides is 2. The van der Waals surface area contributed by atoms with Gasteiger partial charge in [-0.25, -0.2) is 5.11 Å². The Morgan fingerprint density at radius 2 is 1.63 bits per heavy atom. The van der Waals surface area contributed by atoms with Gasteiger partial charge >= 0.3 is 0 Å². The summed E-state index contributed by atoms with van der Waals surface area (Å²) >= 11 is 0. The molecule has 2 aromatic carbocycles. The minimum atomic E-state index is -0.737. The Labute approximate surface area is 174 Å². The lowest BCUT2D eigenvalue weighted by Gasteiger charge is -2.50. The fraction of sp³-hybridized carbons (Fsp3) is 0.391. The number of likely N-dealkylation sites (N-methyl/N-ethyl adjacent to an activating group) is 1. The Balaban J connectivity index is 1.60. The highest BCUT2D eigenvalue weighted by molar-refractivity contribution is 6.10. The second-order valence-electron chi connectivity index (χ2n) is 8.64. The van der Waals surface area contributed by atoms with Crippen LogP contribution < -0.4 is 4.90 Å². The number of rotatable bonds is 2. The van der Waals surface area contributed by atoms with E-state index in [0.717, 1.165) is 37.1 Å². The van der Waals surface area contributed by atoms with Crippen molar-refractivity contribution in [3.8, 4) is 0 Å². The number of likely N-dealkylation sites (tertiary alicyclic amines) is 1. The Morgan fingerprint density at radius 1 is 0.967 bits per heavy atom. The van der Waals surface area contributed by atoms with Crippen molar-refractivity contribution >= 4 is 23.2 Å². The first-order valence-corrected chi connectivity index (χ1v) is 10.6. The van der Waals surface area contributed by atoms with E-state index in [0.29, 0.717) is 0 Å². The van der Waals surface area contributed by atoms with Crippen LogP contribution in [0.3, 0.4) is 0 Å². The maximum Gasteiger partial charge on any atom is 0.252 e. The first-order valence-electron chi connectivity index (χ1n) is 10.6. The predicted octanol–water partition coefficient (Wildman–Crippen LogP) is 3.60. The molecule has 4 atom stereocenters. The first kappa shape index (κ1) is 17.6. The van der Waals surface area contributed by atoms with Gasteiger partial charge in [-0.1, -0.05) is 49.2 Å². The molecule has 0 N–H and O–H groups in total. The quantitative estimate of drug-likeness (QED) is 0.570. The molecule has 1 saturated carbocycles.